The summed E-state index contributed by atoms with van der Waals surface area (Å²) in [6.45, 7) is 21.7. The largest absolute Gasteiger partial charge is 0.378 e. The molecule has 0 aromatic carbocycles. The average Bonchev–Trinajstić information content (AvgIpc) is 3.21. The molecule has 2 aliphatic heterocycles. The predicted molar refractivity (Wildman–Crippen MR) is 150 cm³/mol. The molecule has 2 bridgehead atoms. The Labute approximate surface area is 231 Å². The Hall–Kier alpha value is -0.870. The predicted octanol–water partition coefficient (Wildman–Crippen LogP) is 6.88. The van der Waals surface area contributed by atoms with Gasteiger partial charge < -0.3 is 14.4 Å². The van der Waals surface area contributed by atoms with Crippen LogP contribution in [0.4, 0.5) is 0 Å². The van der Waals surface area contributed by atoms with Crippen LogP contribution in [0.1, 0.15) is 99.8 Å². The number of fused-ring (bicyclic) bond motifs is 5. The van der Waals surface area contributed by atoms with Crippen LogP contribution in [0.2, 0.25) is 0 Å². The Morgan fingerprint density at radius 2 is 1.53 bits per heavy atom. The fraction of sp³-hybridized carbons (Fsp3) is 0.912. The van der Waals surface area contributed by atoms with E-state index in [4.69, 9.17) is 9.47 Å². The molecule has 0 aromatic heterocycles. The van der Waals surface area contributed by atoms with E-state index in [1.165, 1.54) is 51.4 Å². The van der Waals surface area contributed by atoms with Gasteiger partial charge in [0.1, 0.15) is 0 Å². The Balaban J connectivity index is 1.30. The molecule has 7 rings (SSSR count). The topological polar surface area (TPSA) is 38.8 Å². The maximum Gasteiger partial charge on any atom is 0.184 e. The summed E-state index contributed by atoms with van der Waals surface area (Å²) in [4.78, 5) is 16.4. The molecular formula is C34H53NO3. The van der Waals surface area contributed by atoms with Gasteiger partial charge in [-0.25, -0.2) is 0 Å². The first-order valence-corrected chi connectivity index (χ1v) is 16.0. The van der Waals surface area contributed by atoms with Crippen LogP contribution < -0.4 is 0 Å². The Morgan fingerprint density at radius 1 is 0.816 bits per heavy atom. The molecule has 0 amide bonds. The highest BCUT2D eigenvalue weighted by Crippen LogP contribution is 2.77. The number of Topliss-reactive ketones (excluding diaryl/α,β-unsaturated/α-hetero) is 1. The lowest BCUT2D eigenvalue weighted by Gasteiger charge is -2.72. The van der Waals surface area contributed by atoms with Gasteiger partial charge in [-0.1, -0.05) is 54.5 Å². The Morgan fingerprint density at radius 3 is 2.26 bits per heavy atom. The molecule has 4 nitrogen and oxygen atoms in total. The third-order valence-electron chi connectivity index (χ3n) is 14.8. The van der Waals surface area contributed by atoms with Gasteiger partial charge in [-0.05, 0) is 102 Å². The van der Waals surface area contributed by atoms with Gasteiger partial charge in [0.2, 0.25) is 0 Å². The lowest BCUT2D eigenvalue weighted by molar-refractivity contribution is -0.227. The van der Waals surface area contributed by atoms with Gasteiger partial charge in [0, 0.05) is 18.5 Å². The van der Waals surface area contributed by atoms with Crippen LogP contribution >= 0.6 is 0 Å². The van der Waals surface area contributed by atoms with Gasteiger partial charge in [-0.2, -0.15) is 0 Å². The van der Waals surface area contributed by atoms with E-state index in [1.807, 2.05) is 0 Å². The molecule has 0 radical (unpaired) electrons. The molecule has 7 aliphatic rings. The van der Waals surface area contributed by atoms with Crippen LogP contribution in [0, 0.1) is 56.2 Å². The summed E-state index contributed by atoms with van der Waals surface area (Å²) in [6, 6.07) is 0. The highest BCUT2D eigenvalue weighted by molar-refractivity contribution is 6.00. The smallest absolute Gasteiger partial charge is 0.184 e. The zero-order chi connectivity index (χ0) is 26.9. The van der Waals surface area contributed by atoms with Gasteiger partial charge >= 0.3 is 0 Å². The molecule has 38 heavy (non-hydrogen) atoms. The lowest BCUT2D eigenvalue weighted by Crippen LogP contribution is -2.67. The Kier molecular flexibility index (Phi) is 5.42. The van der Waals surface area contributed by atoms with Gasteiger partial charge in [-0.3, -0.25) is 4.79 Å². The molecule has 9 atom stereocenters. The summed E-state index contributed by atoms with van der Waals surface area (Å²) in [6.07, 6.45) is 13.5. The van der Waals surface area contributed by atoms with Crippen LogP contribution in [-0.2, 0) is 14.3 Å². The van der Waals surface area contributed by atoms with Crippen molar-refractivity contribution in [3.63, 3.8) is 0 Å². The van der Waals surface area contributed by atoms with E-state index in [9.17, 15) is 4.79 Å². The number of allylic oxidation sites excluding steroid dienone is 2. The number of carbonyl (C=O) groups is 1. The van der Waals surface area contributed by atoms with Crippen LogP contribution in [0.25, 0.3) is 0 Å². The van der Waals surface area contributed by atoms with Gasteiger partial charge in [0.25, 0.3) is 0 Å². The molecule has 4 heteroatoms. The fourth-order valence-electron chi connectivity index (χ4n) is 12.5. The van der Waals surface area contributed by atoms with Crippen molar-refractivity contribution in [1.29, 1.82) is 0 Å². The number of ketones is 1. The zero-order valence-electron chi connectivity index (χ0n) is 25.3. The Bertz CT molecular complexity index is 1060. The van der Waals surface area contributed by atoms with Crippen molar-refractivity contribution in [3.8, 4) is 0 Å². The number of hydrogen-bond donors (Lipinski definition) is 0. The number of nitrogens with zero attached hydrogens (tertiary/aromatic N) is 1. The summed E-state index contributed by atoms with van der Waals surface area (Å²) >= 11 is 0. The maximum absolute atomic E-state index is 14.0. The van der Waals surface area contributed by atoms with Crippen molar-refractivity contribution in [2.45, 2.75) is 106 Å². The molecule has 0 N–H and O–H groups in total. The van der Waals surface area contributed by atoms with Crippen LogP contribution in [0.15, 0.2) is 11.8 Å². The van der Waals surface area contributed by atoms with Gasteiger partial charge in [0.05, 0.1) is 31.6 Å². The van der Waals surface area contributed by atoms with E-state index in [2.05, 4.69) is 59.4 Å². The molecule has 0 unspecified atom stereocenters. The second-order valence-corrected chi connectivity index (χ2v) is 16.8. The quantitative estimate of drug-likeness (QED) is 0.375. The van der Waals surface area contributed by atoms with Crippen molar-refractivity contribution in [3.05, 3.63) is 11.8 Å². The van der Waals surface area contributed by atoms with E-state index < -0.39 is 0 Å². The zero-order valence-corrected chi connectivity index (χ0v) is 25.3. The van der Waals surface area contributed by atoms with Crippen molar-refractivity contribution in [2.75, 3.05) is 32.9 Å². The van der Waals surface area contributed by atoms with Gasteiger partial charge in [-0.15, -0.1) is 0 Å². The molecule has 6 fully saturated rings. The molecule has 2 saturated heterocycles. The van der Waals surface area contributed by atoms with Crippen molar-refractivity contribution in [1.82, 2.24) is 4.90 Å². The number of rotatable bonds is 1. The van der Waals surface area contributed by atoms with Gasteiger partial charge in [0.15, 0.2) is 5.78 Å². The molecule has 4 saturated carbocycles. The second kappa shape index (κ2) is 7.90. The van der Waals surface area contributed by atoms with E-state index in [1.54, 1.807) is 0 Å². The summed E-state index contributed by atoms with van der Waals surface area (Å²) in [5, 5.41) is 0. The van der Waals surface area contributed by atoms with E-state index in [0.29, 0.717) is 45.4 Å². The number of ether oxygens (including phenoxy) is 2. The van der Waals surface area contributed by atoms with Crippen LogP contribution in [0.5, 0.6) is 0 Å². The van der Waals surface area contributed by atoms with Crippen LogP contribution in [0.3, 0.4) is 0 Å². The first kappa shape index (κ1) is 26.1. The molecule has 2 heterocycles. The first-order chi connectivity index (χ1) is 17.8. The molecule has 212 valence electrons. The number of morpholine rings is 1. The van der Waals surface area contributed by atoms with Crippen LogP contribution in [-0.4, -0.2) is 49.7 Å². The SMILES string of the molecule is CC1(C)CC[C@]23CC[C@]4(C)[C@H](CC[C@@H]5[C@@]6(C)C=C(N7CCOCC7)C(=O)C(C)(C)[C@@H]6CC[C@]54C)[C@H]2[C@H]1OC3. The van der Waals surface area contributed by atoms with Crippen molar-refractivity contribution < 1.29 is 14.3 Å². The standard InChI is InChI=1S/C34H53NO3/c1-29(2)12-14-34-15-13-32(6)22(26(34)28(29)38-21-34)8-9-25-31(5)20-23(35-16-18-37-19-17-35)27(36)30(3,4)24(31)10-11-33(25,32)7/h20,22,24-26,28H,8-19,21H2,1-7H3/t22-,24+,25-,26+,28-,31+,32-,33-,34-/m1/s1. The van der Waals surface area contributed by atoms with Crippen molar-refractivity contribution >= 4 is 5.78 Å². The average molecular weight is 524 g/mol. The fourth-order valence-corrected chi connectivity index (χ4v) is 12.5. The van der Waals surface area contributed by atoms with E-state index >= 15 is 0 Å². The third kappa shape index (κ3) is 3.03. The maximum atomic E-state index is 14.0. The monoisotopic (exact) mass is 523 g/mol. The minimum Gasteiger partial charge on any atom is -0.378 e. The number of hydrogen-bond acceptors (Lipinski definition) is 4. The summed E-state index contributed by atoms with van der Waals surface area (Å²) < 4.78 is 12.4. The first-order valence-electron chi connectivity index (χ1n) is 16.0. The summed E-state index contributed by atoms with van der Waals surface area (Å²) in [5.41, 5.74) is 2.14. The highest BCUT2D eigenvalue weighted by atomic mass is 16.5. The third-order valence-corrected chi connectivity index (χ3v) is 14.8. The second-order valence-electron chi connectivity index (χ2n) is 16.8. The molecular weight excluding hydrogens is 470 g/mol. The molecule has 0 aromatic rings. The van der Waals surface area contributed by atoms with E-state index in [0.717, 1.165) is 50.4 Å². The normalized spacial score (nSPS) is 52.8. The lowest BCUT2D eigenvalue weighted by atomic mass is 9.32. The minimum absolute atomic E-state index is 0.0580. The highest BCUT2D eigenvalue weighted by Gasteiger charge is 2.72. The summed E-state index contributed by atoms with van der Waals surface area (Å²) in [7, 11) is 0. The van der Waals surface area contributed by atoms with Crippen molar-refractivity contribution in [2.24, 2.45) is 56.2 Å². The minimum atomic E-state index is -0.312. The summed E-state index contributed by atoms with van der Waals surface area (Å²) in [5.74, 6) is 2.93. The molecule has 5 aliphatic carbocycles. The van der Waals surface area contributed by atoms with E-state index in [-0.39, 0.29) is 10.8 Å². The number of carbonyl (C=O) groups excluding carboxylic acids is 1. The molecule has 0 spiro atoms.